The van der Waals surface area contributed by atoms with Gasteiger partial charge in [0.2, 0.25) is 10.0 Å². The van der Waals surface area contributed by atoms with E-state index < -0.39 is 10.0 Å². The molecular weight excluding hydrogens is 306 g/mol. The largest absolute Gasteiger partial charge is 0.486 e. The maximum absolute atomic E-state index is 12.0. The number of rotatable bonds is 8. The molecule has 0 aliphatic rings. The number of benzene rings is 1. The third-order valence-corrected chi connectivity index (χ3v) is 4.46. The van der Waals surface area contributed by atoms with Gasteiger partial charge in [-0.2, -0.15) is 5.10 Å². The Balaban J connectivity index is 1.96. The molecule has 0 radical (unpaired) electrons. The first-order chi connectivity index (χ1) is 10.5. The minimum absolute atomic E-state index is 0.190. The molecule has 0 unspecified atom stereocenters. The first kappa shape index (κ1) is 16.4. The number of aromatic nitrogens is 3. The summed E-state index contributed by atoms with van der Waals surface area (Å²) >= 11 is 0. The van der Waals surface area contributed by atoms with Crippen LogP contribution in [0.4, 0.5) is 0 Å². The van der Waals surface area contributed by atoms with Crippen LogP contribution in [0.5, 0.6) is 5.75 Å². The van der Waals surface area contributed by atoms with Crippen LogP contribution < -0.4 is 15.2 Å². The summed E-state index contributed by atoms with van der Waals surface area (Å²) in [6.45, 7) is 1.03. The monoisotopic (exact) mass is 325 g/mol. The van der Waals surface area contributed by atoms with Gasteiger partial charge >= 0.3 is 0 Å². The fourth-order valence-electron chi connectivity index (χ4n) is 1.71. The lowest BCUT2D eigenvalue weighted by Gasteiger charge is -2.08. The Bertz CT molecular complexity index is 697. The van der Waals surface area contributed by atoms with Gasteiger partial charge in [-0.25, -0.2) is 18.1 Å². The average molecular weight is 325 g/mol. The lowest BCUT2D eigenvalue weighted by atomic mass is 10.3. The standard InChI is InChI=1S/C13H19N5O3S/c1-18-13(15-10-16-18)9-21-11-3-5-12(6-4-11)22(19,20)17-8-2-7-14/h3-6,10,17H,2,7-9,14H2,1H3. The first-order valence-electron chi connectivity index (χ1n) is 6.78. The van der Waals surface area contributed by atoms with Gasteiger partial charge in [0.25, 0.3) is 0 Å². The van der Waals surface area contributed by atoms with Gasteiger partial charge in [0.05, 0.1) is 4.90 Å². The summed E-state index contributed by atoms with van der Waals surface area (Å²) < 4.78 is 33.6. The molecule has 0 aliphatic carbocycles. The minimum Gasteiger partial charge on any atom is -0.486 e. The quantitative estimate of drug-likeness (QED) is 0.662. The molecular formula is C13H19N5O3S. The van der Waals surface area contributed by atoms with Crippen LogP contribution in [0.2, 0.25) is 0 Å². The van der Waals surface area contributed by atoms with Gasteiger partial charge < -0.3 is 10.5 Å². The molecule has 9 heteroatoms. The Kier molecular flexibility index (Phi) is 5.47. The zero-order valence-electron chi connectivity index (χ0n) is 12.3. The van der Waals surface area contributed by atoms with Gasteiger partial charge in [0, 0.05) is 13.6 Å². The number of sulfonamides is 1. The fraction of sp³-hybridized carbons (Fsp3) is 0.385. The Morgan fingerprint density at radius 2 is 2.05 bits per heavy atom. The van der Waals surface area contributed by atoms with Crippen molar-refractivity contribution in [3.8, 4) is 5.75 Å². The maximum Gasteiger partial charge on any atom is 0.240 e. The number of aryl methyl sites for hydroxylation is 1. The third kappa shape index (κ3) is 4.26. The summed E-state index contributed by atoms with van der Waals surface area (Å²) in [5, 5.41) is 3.94. The van der Waals surface area contributed by atoms with Crippen molar-refractivity contribution in [3.05, 3.63) is 36.4 Å². The molecule has 2 aromatic rings. The summed E-state index contributed by atoms with van der Waals surface area (Å²) in [5.74, 6) is 1.24. The van der Waals surface area contributed by atoms with E-state index in [0.29, 0.717) is 31.1 Å². The molecule has 8 nitrogen and oxygen atoms in total. The molecule has 1 aromatic heterocycles. The Morgan fingerprint density at radius 1 is 1.32 bits per heavy atom. The highest BCUT2D eigenvalue weighted by atomic mass is 32.2. The van der Waals surface area contributed by atoms with Crippen molar-refractivity contribution in [2.45, 2.75) is 17.9 Å². The Morgan fingerprint density at radius 3 is 2.64 bits per heavy atom. The number of hydrogen-bond acceptors (Lipinski definition) is 6. The van der Waals surface area contributed by atoms with E-state index in [1.54, 1.807) is 23.9 Å². The minimum atomic E-state index is -3.50. The topological polar surface area (TPSA) is 112 Å². The molecule has 1 aromatic carbocycles. The molecule has 120 valence electrons. The number of nitrogens with two attached hydrogens (primary N) is 1. The smallest absolute Gasteiger partial charge is 0.240 e. The van der Waals surface area contributed by atoms with Crippen molar-refractivity contribution in [1.82, 2.24) is 19.5 Å². The Hall–Kier alpha value is -1.97. The molecule has 0 saturated carbocycles. The zero-order valence-corrected chi connectivity index (χ0v) is 13.1. The van der Waals surface area contributed by atoms with Crippen LogP contribution in [-0.2, 0) is 23.7 Å². The third-order valence-electron chi connectivity index (χ3n) is 2.98. The maximum atomic E-state index is 12.0. The molecule has 3 N–H and O–H groups in total. The number of nitrogens with one attached hydrogen (secondary N) is 1. The number of hydrogen-bond donors (Lipinski definition) is 2. The van der Waals surface area contributed by atoms with E-state index in [1.807, 2.05) is 0 Å². The van der Waals surface area contributed by atoms with E-state index in [0.717, 1.165) is 0 Å². The highest BCUT2D eigenvalue weighted by Gasteiger charge is 2.13. The van der Waals surface area contributed by atoms with Crippen LogP contribution in [0.15, 0.2) is 35.5 Å². The SMILES string of the molecule is Cn1ncnc1COc1ccc(S(=O)(=O)NCCCN)cc1. The summed E-state index contributed by atoms with van der Waals surface area (Å²) in [7, 11) is -1.73. The number of ether oxygens (including phenoxy) is 1. The summed E-state index contributed by atoms with van der Waals surface area (Å²) in [4.78, 5) is 4.23. The molecule has 1 heterocycles. The molecule has 2 rings (SSSR count). The molecule has 0 aliphatic heterocycles. The van der Waals surface area contributed by atoms with Crippen LogP contribution in [0.3, 0.4) is 0 Å². The van der Waals surface area contributed by atoms with Crippen LogP contribution in [0.25, 0.3) is 0 Å². The summed E-state index contributed by atoms with van der Waals surface area (Å²) in [5.41, 5.74) is 5.34. The zero-order chi connectivity index (χ0) is 16.0. The highest BCUT2D eigenvalue weighted by Crippen LogP contribution is 2.16. The van der Waals surface area contributed by atoms with Crippen molar-refractivity contribution in [2.24, 2.45) is 12.8 Å². The molecule has 0 bridgehead atoms. The van der Waals surface area contributed by atoms with Crippen molar-refractivity contribution in [1.29, 1.82) is 0 Å². The molecule has 0 saturated heterocycles. The second-order valence-electron chi connectivity index (χ2n) is 4.60. The second kappa shape index (κ2) is 7.34. The van der Waals surface area contributed by atoms with Gasteiger partial charge in [0.1, 0.15) is 18.7 Å². The summed E-state index contributed by atoms with van der Waals surface area (Å²) in [6, 6.07) is 6.20. The number of nitrogens with zero attached hydrogens (tertiary/aromatic N) is 3. The average Bonchev–Trinajstić information content (AvgIpc) is 2.91. The lowest BCUT2D eigenvalue weighted by molar-refractivity contribution is 0.289. The van der Waals surface area contributed by atoms with Crippen LogP contribution in [0.1, 0.15) is 12.2 Å². The first-order valence-corrected chi connectivity index (χ1v) is 8.27. The highest BCUT2D eigenvalue weighted by molar-refractivity contribution is 7.89. The normalized spacial score (nSPS) is 11.5. The van der Waals surface area contributed by atoms with Crippen molar-refractivity contribution < 1.29 is 13.2 Å². The fourth-order valence-corrected chi connectivity index (χ4v) is 2.78. The van der Waals surface area contributed by atoms with Gasteiger partial charge in [0.15, 0.2) is 5.82 Å². The van der Waals surface area contributed by atoms with E-state index in [4.69, 9.17) is 10.5 Å². The van der Waals surface area contributed by atoms with E-state index in [1.165, 1.54) is 18.5 Å². The predicted octanol–water partition coefficient (Wildman–Crippen LogP) is 0.0212. The van der Waals surface area contributed by atoms with E-state index in [9.17, 15) is 8.42 Å². The van der Waals surface area contributed by atoms with Crippen LogP contribution in [0, 0.1) is 0 Å². The Labute approximate surface area is 129 Å². The molecule has 0 spiro atoms. The molecule has 22 heavy (non-hydrogen) atoms. The molecule has 0 fully saturated rings. The van der Waals surface area contributed by atoms with E-state index >= 15 is 0 Å². The van der Waals surface area contributed by atoms with Crippen LogP contribution in [-0.4, -0.2) is 36.3 Å². The van der Waals surface area contributed by atoms with Crippen LogP contribution >= 0.6 is 0 Å². The van der Waals surface area contributed by atoms with Gasteiger partial charge in [-0.15, -0.1) is 0 Å². The van der Waals surface area contributed by atoms with Gasteiger partial charge in [-0.05, 0) is 37.2 Å². The van der Waals surface area contributed by atoms with Crippen molar-refractivity contribution in [3.63, 3.8) is 0 Å². The van der Waals surface area contributed by atoms with Gasteiger partial charge in [-0.3, -0.25) is 4.68 Å². The lowest BCUT2D eigenvalue weighted by Crippen LogP contribution is -2.26. The summed E-state index contributed by atoms with van der Waals surface area (Å²) in [6.07, 6.45) is 2.04. The predicted molar refractivity (Wildman–Crippen MR) is 80.6 cm³/mol. The van der Waals surface area contributed by atoms with Crippen molar-refractivity contribution in [2.75, 3.05) is 13.1 Å². The molecule has 0 amide bonds. The molecule has 0 atom stereocenters. The van der Waals surface area contributed by atoms with Gasteiger partial charge in [-0.1, -0.05) is 0 Å². The van der Waals surface area contributed by atoms with Crippen molar-refractivity contribution >= 4 is 10.0 Å². The van der Waals surface area contributed by atoms with E-state index in [-0.39, 0.29) is 11.5 Å². The van der Waals surface area contributed by atoms with E-state index in [2.05, 4.69) is 14.8 Å². The second-order valence-corrected chi connectivity index (χ2v) is 6.37.